The fraction of sp³-hybridized carbons (Fsp3) is 0.154. The molecule has 230 valence electrons. The minimum atomic E-state index is 0.608. The first-order valence-electron chi connectivity index (χ1n) is 15.7. The summed E-state index contributed by atoms with van der Waals surface area (Å²) in [6.07, 6.45) is 13.5. The average molecular weight is 615 g/mol. The molecule has 0 fully saturated rings. The van der Waals surface area contributed by atoms with Gasteiger partial charge in [-0.15, -0.1) is 0 Å². The summed E-state index contributed by atoms with van der Waals surface area (Å²) in [7, 11) is 0. The van der Waals surface area contributed by atoms with Crippen LogP contribution in [0.15, 0.2) is 61.2 Å². The summed E-state index contributed by atoms with van der Waals surface area (Å²) in [5.74, 6) is 1.24. The highest BCUT2D eigenvalue weighted by Gasteiger charge is 2.19. The van der Waals surface area contributed by atoms with Crippen molar-refractivity contribution in [3.63, 3.8) is 0 Å². The van der Waals surface area contributed by atoms with Gasteiger partial charge in [-0.05, 0) is 117 Å². The molecule has 2 N–H and O–H groups in total. The van der Waals surface area contributed by atoms with Crippen LogP contribution < -0.4 is 0 Å². The smallest absolute Gasteiger partial charge is 0.157 e. The Morgan fingerprint density at radius 2 is 1.13 bits per heavy atom. The summed E-state index contributed by atoms with van der Waals surface area (Å²) in [5, 5.41) is 0. The van der Waals surface area contributed by atoms with Gasteiger partial charge in [-0.25, -0.2) is 24.9 Å². The largest absolute Gasteiger partial charge is 0.340 e. The number of hydrogen-bond donors (Lipinski definition) is 2. The molecule has 0 atom stereocenters. The molecule has 4 aromatic heterocycles. The Labute approximate surface area is 272 Å². The molecule has 2 aliphatic rings. The van der Waals surface area contributed by atoms with Crippen LogP contribution in [-0.4, -0.2) is 39.5 Å². The van der Waals surface area contributed by atoms with Gasteiger partial charge in [0.15, 0.2) is 17.3 Å². The second-order valence-electron chi connectivity index (χ2n) is 12.5. The number of hydrogen-bond acceptors (Lipinski definition) is 5. The van der Waals surface area contributed by atoms with Gasteiger partial charge in [0, 0.05) is 29.0 Å². The molecule has 8 bridgehead atoms. The van der Waals surface area contributed by atoms with E-state index in [1.807, 2.05) is 41.1 Å². The van der Waals surface area contributed by atoms with Crippen LogP contribution in [0.2, 0.25) is 0 Å². The number of fused-ring (bicyclic) bond motifs is 8. The lowest BCUT2D eigenvalue weighted by Crippen LogP contribution is -1.94. The molecule has 2 aromatic carbocycles. The molecular weight excluding hydrogens is 580 g/mol. The van der Waals surface area contributed by atoms with E-state index in [0.29, 0.717) is 17.3 Å². The number of imidazole rings is 1. The molecule has 6 aromatic rings. The van der Waals surface area contributed by atoms with Crippen molar-refractivity contribution in [1.82, 2.24) is 39.5 Å². The first kappa shape index (κ1) is 28.6. The first-order chi connectivity index (χ1) is 22.7. The summed E-state index contributed by atoms with van der Waals surface area (Å²) < 4.78 is 1.97. The first-order valence-corrected chi connectivity index (χ1v) is 15.7. The zero-order valence-corrected chi connectivity index (χ0v) is 27.3. The van der Waals surface area contributed by atoms with Crippen molar-refractivity contribution in [3.8, 4) is 27.9 Å². The number of nitrogens with zero attached hydrogens (tertiary/aromatic N) is 6. The Kier molecular flexibility index (Phi) is 6.61. The van der Waals surface area contributed by atoms with Crippen LogP contribution in [0.5, 0.6) is 0 Å². The highest BCUT2D eigenvalue weighted by atomic mass is 15.1. The minimum Gasteiger partial charge on any atom is -0.340 e. The molecule has 0 saturated heterocycles. The molecule has 6 heterocycles. The molecule has 0 amide bonds. The fourth-order valence-corrected chi connectivity index (χ4v) is 7.14. The average Bonchev–Trinajstić information content (AvgIpc) is 3.84. The Hall–Kier alpha value is -5.89. The molecule has 0 unspecified atom stereocenters. The van der Waals surface area contributed by atoms with Crippen LogP contribution in [0.3, 0.4) is 0 Å². The lowest BCUT2D eigenvalue weighted by molar-refractivity contribution is 1.06. The summed E-state index contributed by atoms with van der Waals surface area (Å²) in [4.78, 5) is 31.8. The molecule has 8 heteroatoms. The van der Waals surface area contributed by atoms with Crippen LogP contribution in [0, 0.1) is 41.5 Å². The molecule has 0 aliphatic carbocycles. The molecular formula is C39H34N8. The van der Waals surface area contributed by atoms with E-state index in [0.717, 1.165) is 56.0 Å². The second kappa shape index (κ2) is 10.9. The second-order valence-corrected chi connectivity index (χ2v) is 12.5. The van der Waals surface area contributed by atoms with Crippen LogP contribution in [-0.2, 0) is 0 Å². The van der Waals surface area contributed by atoms with Crippen molar-refractivity contribution in [2.75, 3.05) is 0 Å². The monoisotopic (exact) mass is 614 g/mol. The van der Waals surface area contributed by atoms with Crippen molar-refractivity contribution in [1.29, 1.82) is 0 Å². The molecule has 0 saturated carbocycles. The molecule has 8 nitrogen and oxygen atoms in total. The van der Waals surface area contributed by atoms with Gasteiger partial charge in [0.1, 0.15) is 5.65 Å². The minimum absolute atomic E-state index is 0.608. The quantitative estimate of drug-likeness (QED) is 0.207. The molecule has 2 aliphatic heterocycles. The Bertz CT molecular complexity index is 2430. The maximum Gasteiger partial charge on any atom is 0.157 e. The van der Waals surface area contributed by atoms with Crippen molar-refractivity contribution in [2.45, 2.75) is 41.5 Å². The molecule has 47 heavy (non-hydrogen) atoms. The molecule has 8 rings (SSSR count). The highest BCUT2D eigenvalue weighted by molar-refractivity contribution is 5.95. The predicted molar refractivity (Wildman–Crippen MR) is 191 cm³/mol. The van der Waals surface area contributed by atoms with Gasteiger partial charge in [0.05, 0.1) is 28.9 Å². The Balaban J connectivity index is 1.53. The van der Waals surface area contributed by atoms with E-state index in [9.17, 15) is 0 Å². The van der Waals surface area contributed by atoms with Crippen LogP contribution in [0.4, 0.5) is 0 Å². The van der Waals surface area contributed by atoms with E-state index in [4.69, 9.17) is 19.9 Å². The topological polar surface area (TPSA) is 101 Å². The van der Waals surface area contributed by atoms with E-state index >= 15 is 0 Å². The van der Waals surface area contributed by atoms with Crippen LogP contribution in [0.25, 0.3) is 74.6 Å². The fourth-order valence-electron chi connectivity index (χ4n) is 7.14. The Morgan fingerprint density at radius 1 is 0.553 bits per heavy atom. The summed E-state index contributed by atoms with van der Waals surface area (Å²) in [5.41, 5.74) is 17.2. The van der Waals surface area contributed by atoms with Gasteiger partial charge in [-0.1, -0.05) is 35.4 Å². The normalized spacial score (nSPS) is 12.3. The predicted octanol–water partition coefficient (Wildman–Crippen LogP) is 8.82. The lowest BCUT2D eigenvalue weighted by atomic mass is 9.92. The van der Waals surface area contributed by atoms with Crippen LogP contribution >= 0.6 is 0 Å². The van der Waals surface area contributed by atoms with E-state index in [1.165, 1.54) is 33.4 Å². The maximum absolute atomic E-state index is 5.11. The summed E-state index contributed by atoms with van der Waals surface area (Å²) in [6.45, 7) is 12.9. The molecule has 0 spiro atoms. The standard InChI is InChI=1S/C39H34N8/c1-21-15-23(3)35(24(4)16-21)37-27-7-10-32(41-27)45-33-11-8-29(42-33)38(36-25(5)17-22(2)18-26(36)6)30-19-31(47-14-13-40-20-47)39(44-30)46-34-12-9-28(37)43-34/h7-20H,1-6H3,(H,41,42,45)(H,43,44,46). The molecule has 0 radical (unpaired) electrons. The number of rotatable bonds is 3. The van der Waals surface area contributed by atoms with Gasteiger partial charge in [0.2, 0.25) is 0 Å². The number of nitrogens with one attached hydrogen (secondary N) is 2. The SMILES string of the molecule is Cc1cc(C)c(-c2c3nc(nc4[nH]c(cc4-n4ccnc4)c(-c4c(C)cc(C)cc4C)c4nc(nc5ccc2[nH]5)C=C4)C=C3)c(C)c1. The van der Waals surface area contributed by atoms with Gasteiger partial charge in [-0.2, -0.15) is 0 Å². The van der Waals surface area contributed by atoms with Crippen LogP contribution in [0.1, 0.15) is 56.4 Å². The zero-order valence-electron chi connectivity index (χ0n) is 27.3. The number of aryl methyl sites for hydroxylation is 6. The van der Waals surface area contributed by atoms with E-state index in [1.54, 1.807) is 12.5 Å². The van der Waals surface area contributed by atoms with E-state index in [-0.39, 0.29) is 0 Å². The van der Waals surface area contributed by atoms with Gasteiger partial charge >= 0.3 is 0 Å². The number of aromatic nitrogens is 8. The number of benzene rings is 2. The van der Waals surface area contributed by atoms with Gasteiger partial charge in [-0.3, -0.25) is 0 Å². The Morgan fingerprint density at radius 3 is 1.70 bits per heavy atom. The number of H-pyrrole nitrogens is 2. The van der Waals surface area contributed by atoms with Gasteiger partial charge < -0.3 is 14.5 Å². The summed E-state index contributed by atoms with van der Waals surface area (Å²) >= 11 is 0. The zero-order chi connectivity index (χ0) is 32.4. The van der Waals surface area contributed by atoms with E-state index < -0.39 is 0 Å². The third-order valence-electron chi connectivity index (χ3n) is 8.85. The number of aromatic amines is 2. The van der Waals surface area contributed by atoms with E-state index in [2.05, 4.69) is 92.9 Å². The van der Waals surface area contributed by atoms with Crippen molar-refractivity contribution in [3.05, 3.63) is 118 Å². The van der Waals surface area contributed by atoms with Crippen molar-refractivity contribution >= 4 is 46.6 Å². The third kappa shape index (κ3) is 4.98. The summed E-state index contributed by atoms with van der Waals surface area (Å²) in [6, 6.07) is 15.1. The lowest BCUT2D eigenvalue weighted by Gasteiger charge is -2.13. The van der Waals surface area contributed by atoms with Crippen molar-refractivity contribution in [2.24, 2.45) is 0 Å². The maximum atomic E-state index is 5.11. The third-order valence-corrected chi connectivity index (χ3v) is 8.85. The van der Waals surface area contributed by atoms with Crippen molar-refractivity contribution < 1.29 is 0 Å². The van der Waals surface area contributed by atoms with Gasteiger partial charge in [0.25, 0.3) is 0 Å². The highest BCUT2D eigenvalue weighted by Crippen LogP contribution is 2.37.